The van der Waals surface area contributed by atoms with Gasteiger partial charge in [0.05, 0.1) is 0 Å². The maximum absolute atomic E-state index is 4.62. The molecule has 2 saturated heterocycles. The van der Waals surface area contributed by atoms with E-state index in [2.05, 4.69) is 49.5 Å². The average molecular weight is 529 g/mol. The van der Waals surface area contributed by atoms with Crippen LogP contribution in [0.5, 0.6) is 0 Å². The first-order valence-corrected chi connectivity index (χ1v) is 11.7. The fraction of sp³-hybridized carbons (Fsp3) is 0.739. The van der Waals surface area contributed by atoms with Gasteiger partial charge in [0.25, 0.3) is 0 Å². The molecule has 1 aromatic heterocycles. The normalized spacial score (nSPS) is 19.1. The molecule has 2 N–H and O–H groups in total. The van der Waals surface area contributed by atoms with Crippen molar-refractivity contribution in [2.75, 3.05) is 44.7 Å². The van der Waals surface area contributed by atoms with E-state index in [9.17, 15) is 0 Å². The Bertz CT molecular complexity index is 622. The number of nitrogens with one attached hydrogen (secondary N) is 2. The Labute approximate surface area is 200 Å². The summed E-state index contributed by atoms with van der Waals surface area (Å²) in [7, 11) is 1.86. The van der Waals surface area contributed by atoms with Crippen molar-refractivity contribution in [2.24, 2.45) is 4.99 Å². The van der Waals surface area contributed by atoms with Gasteiger partial charge in [0.2, 0.25) is 0 Å². The Morgan fingerprint density at radius 3 is 2.53 bits per heavy atom. The molecule has 3 heterocycles. The lowest BCUT2D eigenvalue weighted by Gasteiger charge is -2.33. The molecule has 2 aliphatic rings. The highest BCUT2D eigenvalue weighted by Crippen LogP contribution is 2.18. The van der Waals surface area contributed by atoms with Crippen LogP contribution < -0.4 is 15.5 Å². The molecule has 0 amide bonds. The third-order valence-electron chi connectivity index (χ3n) is 6.18. The van der Waals surface area contributed by atoms with Crippen LogP contribution >= 0.6 is 24.0 Å². The van der Waals surface area contributed by atoms with Gasteiger partial charge in [-0.3, -0.25) is 4.99 Å². The number of hydrogen-bond donors (Lipinski definition) is 2. The Kier molecular flexibility index (Phi) is 11.8. The van der Waals surface area contributed by atoms with Crippen molar-refractivity contribution < 1.29 is 0 Å². The zero-order valence-electron chi connectivity index (χ0n) is 18.9. The maximum atomic E-state index is 4.62. The standard InChI is InChI=1S/C23H40N6.HI/c1-3-4-13-28-16-10-21(11-17-28)27-23(24-2)26-19-20-9-12-25-22(18-20)29-14-7-5-6-8-15-29;/h9,12,18,21H,3-8,10-11,13-17,19H2,1-2H3,(H2,24,26,27);1H. The van der Waals surface area contributed by atoms with Crippen molar-refractivity contribution >= 4 is 35.8 Å². The first-order valence-electron chi connectivity index (χ1n) is 11.7. The summed E-state index contributed by atoms with van der Waals surface area (Å²) < 4.78 is 0. The molecule has 2 aliphatic heterocycles. The van der Waals surface area contributed by atoms with E-state index >= 15 is 0 Å². The van der Waals surface area contributed by atoms with E-state index in [0.29, 0.717) is 6.04 Å². The number of rotatable bonds is 7. The first kappa shape index (κ1) is 25.2. The van der Waals surface area contributed by atoms with Crippen molar-refractivity contribution in [3.8, 4) is 0 Å². The van der Waals surface area contributed by atoms with Gasteiger partial charge < -0.3 is 20.4 Å². The zero-order valence-corrected chi connectivity index (χ0v) is 21.2. The topological polar surface area (TPSA) is 55.8 Å². The predicted molar refractivity (Wildman–Crippen MR) is 138 cm³/mol. The molecule has 0 aliphatic carbocycles. The van der Waals surface area contributed by atoms with Gasteiger partial charge in [0.15, 0.2) is 5.96 Å². The van der Waals surface area contributed by atoms with Crippen molar-refractivity contribution in [3.63, 3.8) is 0 Å². The molecule has 6 nitrogen and oxygen atoms in total. The number of guanidine groups is 1. The second kappa shape index (κ2) is 14.1. The summed E-state index contributed by atoms with van der Waals surface area (Å²) in [5.74, 6) is 2.03. The molecule has 0 saturated carbocycles. The van der Waals surface area contributed by atoms with Gasteiger partial charge in [-0.15, -0.1) is 24.0 Å². The van der Waals surface area contributed by atoms with E-state index in [1.165, 1.54) is 76.6 Å². The summed E-state index contributed by atoms with van der Waals surface area (Å²) in [6.07, 6.45) is 12.2. The van der Waals surface area contributed by atoms with Crippen molar-refractivity contribution in [3.05, 3.63) is 23.9 Å². The molecule has 7 heteroatoms. The van der Waals surface area contributed by atoms with Crippen molar-refractivity contribution in [2.45, 2.75) is 70.9 Å². The number of unbranched alkanes of at least 4 members (excludes halogenated alkanes) is 1. The number of likely N-dealkylation sites (tertiary alicyclic amines) is 1. The Hall–Kier alpha value is -1.09. The number of aromatic nitrogens is 1. The predicted octanol–water partition coefficient (Wildman–Crippen LogP) is 4.01. The minimum absolute atomic E-state index is 0. The van der Waals surface area contributed by atoms with Crippen molar-refractivity contribution in [1.82, 2.24) is 20.5 Å². The molecule has 30 heavy (non-hydrogen) atoms. The van der Waals surface area contributed by atoms with E-state index in [4.69, 9.17) is 0 Å². The van der Waals surface area contributed by atoms with Crippen LogP contribution in [0.3, 0.4) is 0 Å². The zero-order chi connectivity index (χ0) is 20.3. The fourth-order valence-electron chi connectivity index (χ4n) is 4.30. The highest BCUT2D eigenvalue weighted by molar-refractivity contribution is 14.0. The van der Waals surface area contributed by atoms with Gasteiger partial charge in [-0.05, 0) is 56.3 Å². The van der Waals surface area contributed by atoms with E-state index in [1.807, 2.05) is 13.2 Å². The number of aliphatic imine (C=N–C) groups is 1. The molecule has 0 aromatic carbocycles. The average Bonchev–Trinajstić information content (AvgIpc) is 3.06. The Morgan fingerprint density at radius 1 is 1.13 bits per heavy atom. The molecule has 170 valence electrons. The molecule has 0 atom stereocenters. The van der Waals surface area contributed by atoms with Crippen LogP contribution in [0.1, 0.15) is 63.9 Å². The van der Waals surface area contributed by atoms with Gasteiger partial charge in [-0.1, -0.05) is 26.2 Å². The largest absolute Gasteiger partial charge is 0.357 e. The van der Waals surface area contributed by atoms with Crippen molar-refractivity contribution in [1.29, 1.82) is 0 Å². The second-order valence-electron chi connectivity index (χ2n) is 8.46. The smallest absolute Gasteiger partial charge is 0.191 e. The molecular weight excluding hydrogens is 487 g/mol. The summed E-state index contributed by atoms with van der Waals surface area (Å²) in [5.41, 5.74) is 1.26. The Morgan fingerprint density at radius 2 is 1.87 bits per heavy atom. The minimum atomic E-state index is 0. The highest BCUT2D eigenvalue weighted by atomic mass is 127. The lowest BCUT2D eigenvalue weighted by Crippen LogP contribution is -2.48. The van der Waals surface area contributed by atoms with Gasteiger partial charge in [0, 0.05) is 52.0 Å². The van der Waals surface area contributed by atoms with Crippen LogP contribution in [-0.4, -0.2) is 61.7 Å². The summed E-state index contributed by atoms with van der Waals surface area (Å²) in [6, 6.07) is 4.86. The van der Waals surface area contributed by atoms with E-state index in [1.54, 1.807) is 0 Å². The molecule has 0 unspecified atom stereocenters. The second-order valence-corrected chi connectivity index (χ2v) is 8.46. The third kappa shape index (κ3) is 8.21. The summed E-state index contributed by atoms with van der Waals surface area (Å²) in [6.45, 7) is 8.93. The summed E-state index contributed by atoms with van der Waals surface area (Å²) in [4.78, 5) is 14.1. The molecular formula is C23H41IN6. The van der Waals surface area contributed by atoms with Gasteiger partial charge in [-0.25, -0.2) is 4.98 Å². The number of hydrogen-bond acceptors (Lipinski definition) is 4. The number of halogens is 1. The lowest BCUT2D eigenvalue weighted by molar-refractivity contribution is 0.203. The molecule has 0 bridgehead atoms. The van der Waals surface area contributed by atoms with Gasteiger partial charge >= 0.3 is 0 Å². The summed E-state index contributed by atoms with van der Waals surface area (Å²) >= 11 is 0. The van der Waals surface area contributed by atoms with Crippen LogP contribution in [0.25, 0.3) is 0 Å². The van der Waals surface area contributed by atoms with E-state index < -0.39 is 0 Å². The lowest BCUT2D eigenvalue weighted by atomic mass is 10.0. The SMILES string of the molecule is CCCCN1CCC(NC(=NC)NCc2ccnc(N3CCCCCC3)c2)CC1.I. The van der Waals surface area contributed by atoms with Crippen LogP contribution in [-0.2, 0) is 6.54 Å². The maximum Gasteiger partial charge on any atom is 0.191 e. The van der Waals surface area contributed by atoms with Crippen LogP contribution in [0, 0.1) is 0 Å². The minimum Gasteiger partial charge on any atom is -0.357 e. The van der Waals surface area contributed by atoms with E-state index in [0.717, 1.165) is 31.4 Å². The molecule has 3 rings (SSSR count). The van der Waals surface area contributed by atoms with Crippen LogP contribution in [0.15, 0.2) is 23.3 Å². The van der Waals surface area contributed by atoms with Gasteiger partial charge in [-0.2, -0.15) is 0 Å². The van der Waals surface area contributed by atoms with Crippen LogP contribution in [0.4, 0.5) is 5.82 Å². The molecule has 0 spiro atoms. The highest BCUT2D eigenvalue weighted by Gasteiger charge is 2.19. The molecule has 2 fully saturated rings. The number of piperidine rings is 1. The Balaban J connectivity index is 0.00000320. The summed E-state index contributed by atoms with van der Waals surface area (Å²) in [5, 5.41) is 7.12. The fourth-order valence-corrected chi connectivity index (χ4v) is 4.30. The monoisotopic (exact) mass is 528 g/mol. The number of anilines is 1. The third-order valence-corrected chi connectivity index (χ3v) is 6.18. The number of nitrogens with zero attached hydrogens (tertiary/aromatic N) is 4. The van der Waals surface area contributed by atoms with Crippen LogP contribution in [0.2, 0.25) is 0 Å². The van der Waals surface area contributed by atoms with Gasteiger partial charge in [0.1, 0.15) is 5.82 Å². The first-order chi connectivity index (χ1) is 14.3. The molecule has 1 aromatic rings. The van der Waals surface area contributed by atoms with E-state index in [-0.39, 0.29) is 24.0 Å². The number of pyridine rings is 1. The quantitative estimate of drug-likeness (QED) is 0.318. The molecule has 0 radical (unpaired) electrons.